The molecule has 1 heterocycles. The molecule has 0 aliphatic rings. The molecule has 2 rings (SSSR count). The third-order valence-electron chi connectivity index (χ3n) is 1.92. The number of nitrogens with zero attached hydrogens (tertiary/aromatic N) is 4. The van der Waals surface area contributed by atoms with Gasteiger partial charge < -0.3 is 10.5 Å². The van der Waals surface area contributed by atoms with Crippen LogP contribution in [-0.4, -0.2) is 14.8 Å². The van der Waals surface area contributed by atoms with Crippen LogP contribution in [0, 0.1) is 11.3 Å². The third kappa shape index (κ3) is 1.93. The van der Waals surface area contributed by atoms with E-state index in [-0.39, 0.29) is 6.01 Å². The first kappa shape index (κ1) is 9.98. The summed E-state index contributed by atoms with van der Waals surface area (Å²) in [4.78, 5) is 3.90. The van der Waals surface area contributed by atoms with Crippen LogP contribution in [0.3, 0.4) is 0 Å². The van der Waals surface area contributed by atoms with E-state index >= 15 is 0 Å². The van der Waals surface area contributed by atoms with Crippen LogP contribution in [0.25, 0.3) is 0 Å². The average Bonchev–Trinajstić information content (AvgIpc) is 2.67. The van der Waals surface area contributed by atoms with Crippen molar-refractivity contribution in [3.8, 4) is 17.8 Å². The number of hydrogen-bond donors (Lipinski definition) is 1. The molecule has 0 bridgehead atoms. The van der Waals surface area contributed by atoms with Gasteiger partial charge in [-0.2, -0.15) is 10.2 Å². The number of nitrogen functional groups attached to an aromatic ring is 1. The SMILES string of the molecule is Cn1cnc(Oc2cc(C#N)ccc2N)n1. The molecule has 0 aliphatic carbocycles. The Bertz CT molecular complexity index is 555. The molecule has 0 saturated heterocycles. The first-order chi connectivity index (χ1) is 7.69. The summed E-state index contributed by atoms with van der Waals surface area (Å²) in [5, 5.41) is 12.7. The summed E-state index contributed by atoms with van der Waals surface area (Å²) in [6, 6.07) is 6.98. The van der Waals surface area contributed by atoms with Gasteiger partial charge >= 0.3 is 6.01 Å². The minimum Gasteiger partial charge on any atom is -0.421 e. The van der Waals surface area contributed by atoms with Gasteiger partial charge in [-0.3, -0.25) is 4.68 Å². The molecule has 80 valence electrons. The summed E-state index contributed by atoms with van der Waals surface area (Å²) in [7, 11) is 1.73. The van der Waals surface area contributed by atoms with E-state index in [2.05, 4.69) is 10.1 Å². The highest BCUT2D eigenvalue weighted by atomic mass is 16.5. The fourth-order valence-corrected chi connectivity index (χ4v) is 1.16. The predicted octanol–water partition coefficient (Wildman–Crippen LogP) is 1.06. The van der Waals surface area contributed by atoms with Crippen molar-refractivity contribution in [1.29, 1.82) is 5.26 Å². The van der Waals surface area contributed by atoms with E-state index in [9.17, 15) is 0 Å². The van der Waals surface area contributed by atoms with Crippen molar-refractivity contribution in [3.05, 3.63) is 30.1 Å². The number of aryl methyl sites for hydroxylation is 1. The van der Waals surface area contributed by atoms with E-state index in [0.29, 0.717) is 17.0 Å². The van der Waals surface area contributed by atoms with Gasteiger partial charge in [-0.05, 0) is 12.1 Å². The maximum Gasteiger partial charge on any atom is 0.341 e. The van der Waals surface area contributed by atoms with Gasteiger partial charge in [0.05, 0.1) is 17.3 Å². The van der Waals surface area contributed by atoms with E-state index in [0.717, 1.165) is 0 Å². The lowest BCUT2D eigenvalue weighted by Crippen LogP contribution is -1.95. The normalized spacial score (nSPS) is 9.75. The molecule has 6 nitrogen and oxygen atoms in total. The van der Waals surface area contributed by atoms with Crippen molar-refractivity contribution in [2.24, 2.45) is 7.05 Å². The zero-order chi connectivity index (χ0) is 11.5. The quantitative estimate of drug-likeness (QED) is 0.756. The van der Waals surface area contributed by atoms with E-state index in [1.807, 2.05) is 6.07 Å². The Kier molecular flexibility index (Phi) is 2.44. The Morgan fingerprint density at radius 3 is 2.94 bits per heavy atom. The Labute approximate surface area is 91.9 Å². The van der Waals surface area contributed by atoms with Crippen LogP contribution in [0.1, 0.15) is 5.56 Å². The number of rotatable bonds is 2. The first-order valence-electron chi connectivity index (χ1n) is 4.52. The minimum absolute atomic E-state index is 0.198. The van der Waals surface area contributed by atoms with Gasteiger partial charge in [0.2, 0.25) is 0 Å². The number of ether oxygens (including phenoxy) is 1. The second-order valence-electron chi connectivity index (χ2n) is 3.17. The van der Waals surface area contributed by atoms with Crippen LogP contribution in [0.15, 0.2) is 24.5 Å². The summed E-state index contributed by atoms with van der Waals surface area (Å²) < 4.78 is 6.87. The number of anilines is 1. The van der Waals surface area contributed by atoms with Gasteiger partial charge in [0, 0.05) is 13.1 Å². The van der Waals surface area contributed by atoms with Crippen LogP contribution in [-0.2, 0) is 7.05 Å². The Morgan fingerprint density at radius 1 is 1.50 bits per heavy atom. The molecule has 0 aliphatic heterocycles. The van der Waals surface area contributed by atoms with Crippen molar-refractivity contribution >= 4 is 5.69 Å². The fourth-order valence-electron chi connectivity index (χ4n) is 1.16. The molecule has 0 saturated carbocycles. The van der Waals surface area contributed by atoms with E-state index in [1.54, 1.807) is 25.2 Å². The van der Waals surface area contributed by atoms with Crippen LogP contribution in [0.2, 0.25) is 0 Å². The summed E-state index contributed by atoms with van der Waals surface area (Å²) in [6.07, 6.45) is 1.51. The third-order valence-corrected chi connectivity index (χ3v) is 1.92. The Hall–Kier alpha value is -2.55. The molecular weight excluding hydrogens is 206 g/mol. The van der Waals surface area contributed by atoms with Crippen molar-refractivity contribution in [2.75, 3.05) is 5.73 Å². The number of hydrogen-bond acceptors (Lipinski definition) is 5. The number of nitriles is 1. The van der Waals surface area contributed by atoms with Gasteiger partial charge in [0.15, 0.2) is 5.75 Å². The maximum atomic E-state index is 8.74. The highest BCUT2D eigenvalue weighted by Gasteiger charge is 2.06. The summed E-state index contributed by atoms with van der Waals surface area (Å²) in [6.45, 7) is 0. The molecule has 6 heteroatoms. The first-order valence-corrected chi connectivity index (χ1v) is 4.52. The molecular formula is C10H9N5O. The largest absolute Gasteiger partial charge is 0.421 e. The zero-order valence-electron chi connectivity index (χ0n) is 8.58. The second-order valence-corrected chi connectivity index (χ2v) is 3.17. The maximum absolute atomic E-state index is 8.74. The van der Waals surface area contributed by atoms with E-state index in [4.69, 9.17) is 15.7 Å². The topological polar surface area (TPSA) is 89.8 Å². The monoisotopic (exact) mass is 215 g/mol. The smallest absolute Gasteiger partial charge is 0.341 e. The van der Waals surface area contributed by atoms with Gasteiger partial charge in [-0.25, -0.2) is 0 Å². The lowest BCUT2D eigenvalue weighted by Gasteiger charge is -2.04. The highest BCUT2D eigenvalue weighted by molar-refractivity contribution is 5.56. The molecule has 0 atom stereocenters. The molecule has 1 aromatic carbocycles. The predicted molar refractivity (Wildman–Crippen MR) is 56.6 cm³/mol. The minimum atomic E-state index is 0.198. The molecule has 0 unspecified atom stereocenters. The van der Waals surface area contributed by atoms with Gasteiger partial charge in [0.1, 0.15) is 6.33 Å². The number of aromatic nitrogens is 3. The molecule has 2 N–H and O–H groups in total. The molecule has 16 heavy (non-hydrogen) atoms. The zero-order valence-corrected chi connectivity index (χ0v) is 8.58. The van der Waals surface area contributed by atoms with Gasteiger partial charge in [-0.1, -0.05) is 0 Å². The average molecular weight is 215 g/mol. The van der Waals surface area contributed by atoms with Crippen molar-refractivity contribution < 1.29 is 4.74 Å². The van der Waals surface area contributed by atoms with Crippen LogP contribution in [0.4, 0.5) is 5.69 Å². The number of nitrogens with two attached hydrogens (primary N) is 1. The lowest BCUT2D eigenvalue weighted by molar-refractivity contribution is 0.441. The van der Waals surface area contributed by atoms with Gasteiger partial charge in [-0.15, -0.1) is 5.10 Å². The lowest BCUT2D eigenvalue weighted by atomic mass is 10.2. The molecule has 0 radical (unpaired) electrons. The van der Waals surface area contributed by atoms with E-state index < -0.39 is 0 Å². The Balaban J connectivity index is 2.30. The number of benzene rings is 1. The van der Waals surface area contributed by atoms with E-state index in [1.165, 1.54) is 11.0 Å². The van der Waals surface area contributed by atoms with Crippen molar-refractivity contribution in [1.82, 2.24) is 14.8 Å². The fraction of sp³-hybridized carbons (Fsp3) is 0.100. The Morgan fingerprint density at radius 2 is 2.31 bits per heavy atom. The van der Waals surface area contributed by atoms with Crippen LogP contribution in [0.5, 0.6) is 11.8 Å². The molecule has 0 spiro atoms. The summed E-state index contributed by atoms with van der Waals surface area (Å²) in [5.74, 6) is 0.380. The highest BCUT2D eigenvalue weighted by Crippen LogP contribution is 2.26. The van der Waals surface area contributed by atoms with Crippen molar-refractivity contribution in [2.45, 2.75) is 0 Å². The molecule has 0 fully saturated rings. The summed E-state index contributed by atoms with van der Waals surface area (Å²) in [5.41, 5.74) is 6.61. The second kappa shape index (κ2) is 3.90. The summed E-state index contributed by atoms with van der Waals surface area (Å²) >= 11 is 0. The van der Waals surface area contributed by atoms with Gasteiger partial charge in [0.25, 0.3) is 0 Å². The van der Waals surface area contributed by atoms with Crippen molar-refractivity contribution in [3.63, 3.8) is 0 Å². The molecule has 1 aromatic heterocycles. The standard InChI is InChI=1S/C10H9N5O/c1-15-6-13-10(14-15)16-9-4-7(5-11)2-3-8(9)12/h2-4,6H,12H2,1H3. The van der Waals surface area contributed by atoms with Crippen LogP contribution < -0.4 is 10.5 Å². The molecule has 2 aromatic rings. The molecule has 0 amide bonds. The van der Waals surface area contributed by atoms with Crippen LogP contribution >= 0.6 is 0 Å².